The van der Waals surface area contributed by atoms with Gasteiger partial charge in [-0.05, 0) is 39.8 Å². The number of piperidine rings is 1. The van der Waals surface area contributed by atoms with E-state index >= 15 is 0 Å². The molecule has 1 rings (SSSR count). The van der Waals surface area contributed by atoms with Crippen molar-refractivity contribution < 1.29 is 4.74 Å². The summed E-state index contributed by atoms with van der Waals surface area (Å²) in [6.45, 7) is 8.28. The van der Waals surface area contributed by atoms with E-state index in [0.29, 0.717) is 12.1 Å². The molecule has 1 saturated heterocycles. The van der Waals surface area contributed by atoms with Gasteiger partial charge in [-0.1, -0.05) is 0 Å². The van der Waals surface area contributed by atoms with Crippen LogP contribution in [0.5, 0.6) is 0 Å². The summed E-state index contributed by atoms with van der Waals surface area (Å²) in [7, 11) is 0. The van der Waals surface area contributed by atoms with Crippen molar-refractivity contribution in [3.63, 3.8) is 0 Å². The molecule has 0 amide bonds. The van der Waals surface area contributed by atoms with Crippen LogP contribution in [0.25, 0.3) is 0 Å². The predicted molar refractivity (Wildman–Crippen MR) is 55.0 cm³/mol. The third-order valence-electron chi connectivity index (χ3n) is 2.33. The normalized spacial score (nSPS) is 19.6. The Morgan fingerprint density at radius 3 is 2.69 bits per heavy atom. The molecule has 78 valence electrons. The minimum absolute atomic E-state index is 0.356. The van der Waals surface area contributed by atoms with Crippen molar-refractivity contribution in [2.45, 2.75) is 38.8 Å². The van der Waals surface area contributed by atoms with E-state index in [4.69, 9.17) is 4.74 Å². The quantitative estimate of drug-likeness (QED) is 0.622. The first kappa shape index (κ1) is 11.0. The van der Waals surface area contributed by atoms with Gasteiger partial charge >= 0.3 is 0 Å². The Morgan fingerprint density at radius 1 is 1.38 bits per heavy atom. The molecule has 0 radical (unpaired) electrons. The highest BCUT2D eigenvalue weighted by atomic mass is 16.5. The topological polar surface area (TPSA) is 33.3 Å². The molecule has 0 aliphatic carbocycles. The average molecular weight is 186 g/mol. The van der Waals surface area contributed by atoms with Gasteiger partial charge in [-0.3, -0.25) is 0 Å². The van der Waals surface area contributed by atoms with Gasteiger partial charge < -0.3 is 15.4 Å². The van der Waals surface area contributed by atoms with Crippen LogP contribution in [-0.2, 0) is 4.74 Å². The molecule has 0 atom stereocenters. The summed E-state index contributed by atoms with van der Waals surface area (Å²) in [5.41, 5.74) is 0. The van der Waals surface area contributed by atoms with E-state index < -0.39 is 0 Å². The molecule has 0 aromatic heterocycles. The van der Waals surface area contributed by atoms with E-state index in [-0.39, 0.29) is 0 Å². The minimum atomic E-state index is 0.356. The van der Waals surface area contributed by atoms with E-state index in [0.717, 1.165) is 26.2 Å². The van der Waals surface area contributed by atoms with E-state index in [9.17, 15) is 0 Å². The lowest BCUT2D eigenvalue weighted by atomic mass is 10.1. The molecule has 1 aliphatic rings. The van der Waals surface area contributed by atoms with E-state index in [1.54, 1.807) is 0 Å². The van der Waals surface area contributed by atoms with Gasteiger partial charge in [0.25, 0.3) is 0 Å². The highest BCUT2D eigenvalue weighted by Crippen LogP contribution is 2.00. The van der Waals surface area contributed by atoms with Crippen molar-refractivity contribution >= 4 is 0 Å². The lowest BCUT2D eigenvalue weighted by Gasteiger charge is -2.23. The Balaban J connectivity index is 1.92. The van der Waals surface area contributed by atoms with Crippen LogP contribution in [0, 0.1) is 0 Å². The number of ether oxygens (including phenoxy) is 1. The van der Waals surface area contributed by atoms with Crippen LogP contribution in [0.15, 0.2) is 0 Å². The van der Waals surface area contributed by atoms with Gasteiger partial charge in [-0.25, -0.2) is 0 Å². The molecule has 3 nitrogen and oxygen atoms in total. The summed E-state index contributed by atoms with van der Waals surface area (Å²) in [5, 5.41) is 6.86. The summed E-state index contributed by atoms with van der Waals surface area (Å²) >= 11 is 0. The summed E-state index contributed by atoms with van der Waals surface area (Å²) in [6, 6.07) is 0.706. The van der Waals surface area contributed by atoms with Crippen LogP contribution >= 0.6 is 0 Å². The number of hydrogen-bond acceptors (Lipinski definition) is 3. The first-order valence-corrected chi connectivity index (χ1v) is 5.34. The maximum Gasteiger partial charge on any atom is 0.0594 e. The summed E-state index contributed by atoms with van der Waals surface area (Å²) in [4.78, 5) is 0. The number of rotatable bonds is 5. The van der Waals surface area contributed by atoms with Crippen molar-refractivity contribution in [2.75, 3.05) is 26.2 Å². The molecule has 0 spiro atoms. The van der Waals surface area contributed by atoms with Crippen LogP contribution in [0.3, 0.4) is 0 Å². The van der Waals surface area contributed by atoms with E-state index in [1.807, 2.05) is 0 Å². The lowest BCUT2D eigenvalue weighted by molar-refractivity contribution is 0.0786. The van der Waals surface area contributed by atoms with Gasteiger partial charge in [-0.15, -0.1) is 0 Å². The molecule has 0 unspecified atom stereocenters. The lowest BCUT2D eigenvalue weighted by Crippen LogP contribution is -2.41. The Bertz CT molecular complexity index is 122. The van der Waals surface area contributed by atoms with Crippen molar-refractivity contribution in [2.24, 2.45) is 0 Å². The van der Waals surface area contributed by atoms with Gasteiger partial charge in [-0.2, -0.15) is 0 Å². The van der Waals surface area contributed by atoms with Crippen LogP contribution in [0.4, 0.5) is 0 Å². The summed E-state index contributed by atoms with van der Waals surface area (Å²) in [6.07, 6.45) is 2.86. The highest BCUT2D eigenvalue weighted by Gasteiger charge is 2.11. The van der Waals surface area contributed by atoms with Crippen molar-refractivity contribution in [3.05, 3.63) is 0 Å². The molecule has 0 aromatic rings. The second kappa shape index (κ2) is 6.35. The number of hydrogen-bond donors (Lipinski definition) is 2. The predicted octanol–water partition coefficient (Wildman–Crippen LogP) is 0.753. The fourth-order valence-corrected chi connectivity index (χ4v) is 1.58. The maximum atomic E-state index is 5.45. The molecule has 0 saturated carbocycles. The third-order valence-corrected chi connectivity index (χ3v) is 2.33. The molecule has 1 heterocycles. The third kappa shape index (κ3) is 5.24. The second-order valence-corrected chi connectivity index (χ2v) is 3.90. The van der Waals surface area contributed by atoms with E-state index in [2.05, 4.69) is 24.5 Å². The smallest absolute Gasteiger partial charge is 0.0594 e. The first-order valence-electron chi connectivity index (χ1n) is 5.34. The van der Waals surface area contributed by atoms with Gasteiger partial charge in [0, 0.05) is 12.6 Å². The SMILES string of the molecule is CC(C)OCCNC1CCNCC1. The molecule has 2 N–H and O–H groups in total. The molecule has 0 aromatic carbocycles. The monoisotopic (exact) mass is 186 g/mol. The zero-order valence-electron chi connectivity index (χ0n) is 8.81. The van der Waals surface area contributed by atoms with Gasteiger partial charge in [0.2, 0.25) is 0 Å². The maximum absolute atomic E-state index is 5.45. The molecule has 0 bridgehead atoms. The molecule has 1 fully saturated rings. The van der Waals surface area contributed by atoms with Gasteiger partial charge in [0.15, 0.2) is 0 Å². The van der Waals surface area contributed by atoms with Crippen LogP contribution in [0.1, 0.15) is 26.7 Å². The van der Waals surface area contributed by atoms with Crippen LogP contribution in [0.2, 0.25) is 0 Å². The molecular formula is C10H22N2O. The first-order chi connectivity index (χ1) is 6.29. The Labute approximate surface area is 81.2 Å². The second-order valence-electron chi connectivity index (χ2n) is 3.90. The standard InChI is InChI=1S/C10H22N2O/c1-9(2)13-8-7-12-10-3-5-11-6-4-10/h9-12H,3-8H2,1-2H3. The zero-order chi connectivity index (χ0) is 9.52. The van der Waals surface area contributed by atoms with Crippen LogP contribution < -0.4 is 10.6 Å². The average Bonchev–Trinajstić information content (AvgIpc) is 2.14. The molecular weight excluding hydrogens is 164 g/mol. The Kier molecular flexibility index (Phi) is 5.35. The Hall–Kier alpha value is -0.120. The van der Waals surface area contributed by atoms with Gasteiger partial charge in [0.05, 0.1) is 12.7 Å². The minimum Gasteiger partial charge on any atom is -0.377 e. The van der Waals surface area contributed by atoms with Crippen molar-refractivity contribution in [3.8, 4) is 0 Å². The molecule has 13 heavy (non-hydrogen) atoms. The summed E-state index contributed by atoms with van der Waals surface area (Å²) < 4.78 is 5.45. The fourth-order valence-electron chi connectivity index (χ4n) is 1.58. The largest absolute Gasteiger partial charge is 0.377 e. The van der Waals surface area contributed by atoms with Gasteiger partial charge in [0.1, 0.15) is 0 Å². The Morgan fingerprint density at radius 2 is 2.08 bits per heavy atom. The molecule has 1 aliphatic heterocycles. The van der Waals surface area contributed by atoms with E-state index in [1.165, 1.54) is 12.8 Å². The van der Waals surface area contributed by atoms with Crippen molar-refractivity contribution in [1.29, 1.82) is 0 Å². The van der Waals surface area contributed by atoms with Crippen LogP contribution in [-0.4, -0.2) is 38.4 Å². The molecule has 3 heteroatoms. The fraction of sp³-hybridized carbons (Fsp3) is 1.00. The van der Waals surface area contributed by atoms with Crippen molar-refractivity contribution in [1.82, 2.24) is 10.6 Å². The summed E-state index contributed by atoms with van der Waals surface area (Å²) in [5.74, 6) is 0. The number of nitrogens with one attached hydrogen (secondary N) is 2. The zero-order valence-corrected chi connectivity index (χ0v) is 8.81. The highest BCUT2D eigenvalue weighted by molar-refractivity contribution is 4.73.